The number of rotatable bonds is 11. The number of benzene rings is 25. The van der Waals surface area contributed by atoms with Gasteiger partial charge < -0.3 is 8.83 Å². The summed E-state index contributed by atoms with van der Waals surface area (Å²) in [4.78, 5) is 0. The number of para-hydroxylation sites is 4. The molecule has 0 radical (unpaired) electrons. The SMILES string of the molecule is c1ccc(-c2c3ccccc3c(-c3cccc(-c4ccc5ccccc5c4)c3)c3cc(-c4cccc5c4oc4ccccc45)ccc23)cc1.c1ccc(-c2c3ccccc3c(-c3ccccc3)c3cc(-c4ccc5sc6ccccc6c5c4)ccc23)cc1.c1ccc(-c2c3ccccc3c(-c3ccccc3-c3ccc4ccccc4c3)c3cc(-c4cccc5c4oc4ccccc45)ccc23)cc1. The minimum atomic E-state index is 0.910. The van der Waals surface area contributed by atoms with Gasteiger partial charge >= 0.3 is 0 Å². The molecule has 137 heavy (non-hydrogen) atoms. The number of fused-ring (bicyclic) bond motifs is 17. The van der Waals surface area contributed by atoms with Gasteiger partial charge in [0.25, 0.3) is 0 Å². The van der Waals surface area contributed by atoms with Gasteiger partial charge in [0.05, 0.1) is 0 Å². The number of hydrogen-bond acceptors (Lipinski definition) is 3. The Bertz CT molecular complexity index is 9660. The Morgan fingerprint density at radius 3 is 0.898 bits per heavy atom. The van der Waals surface area contributed by atoms with Gasteiger partial charge in [-0.25, -0.2) is 0 Å². The van der Waals surface area contributed by atoms with Crippen LogP contribution in [0.2, 0.25) is 0 Å². The predicted molar refractivity (Wildman–Crippen MR) is 587 cm³/mol. The van der Waals surface area contributed by atoms with Crippen LogP contribution in [0.5, 0.6) is 0 Å². The van der Waals surface area contributed by atoms with Gasteiger partial charge in [0, 0.05) is 52.8 Å². The fourth-order valence-electron chi connectivity index (χ4n) is 21.7. The third-order valence-electron chi connectivity index (χ3n) is 28.0. The van der Waals surface area contributed by atoms with Gasteiger partial charge in [-0.15, -0.1) is 11.3 Å². The molecule has 28 aromatic rings. The second-order valence-corrected chi connectivity index (χ2v) is 36.8. The average Bonchev–Trinajstić information content (AvgIpc) is 1.11. The van der Waals surface area contributed by atoms with Crippen molar-refractivity contribution in [3.63, 3.8) is 0 Å². The van der Waals surface area contributed by atoms with E-state index in [-0.39, 0.29) is 0 Å². The summed E-state index contributed by atoms with van der Waals surface area (Å²) in [7, 11) is 0. The average molecular weight is 1760 g/mol. The van der Waals surface area contributed by atoms with Crippen molar-refractivity contribution in [3.8, 4) is 122 Å². The Labute approximate surface area is 796 Å². The molecule has 3 heterocycles. The quantitative estimate of drug-likeness (QED) is 0.121. The van der Waals surface area contributed by atoms with E-state index in [1.54, 1.807) is 0 Å². The lowest BCUT2D eigenvalue weighted by molar-refractivity contribution is 0.669. The first kappa shape index (κ1) is 80.3. The number of hydrogen-bond donors (Lipinski definition) is 0. The second-order valence-electron chi connectivity index (χ2n) is 35.8. The van der Waals surface area contributed by atoms with E-state index in [4.69, 9.17) is 8.83 Å². The maximum absolute atomic E-state index is 6.54. The molecule has 638 valence electrons. The third kappa shape index (κ3) is 14.1. The van der Waals surface area contributed by atoms with E-state index in [9.17, 15) is 0 Å². The van der Waals surface area contributed by atoms with Gasteiger partial charge in [-0.3, -0.25) is 0 Å². The number of thiophene rings is 1. The molecule has 0 bridgehead atoms. The summed E-state index contributed by atoms with van der Waals surface area (Å²) in [6.45, 7) is 0. The first-order chi connectivity index (χ1) is 68.0. The summed E-state index contributed by atoms with van der Waals surface area (Å²) in [5.41, 5.74) is 30.4. The van der Waals surface area contributed by atoms with E-state index < -0.39 is 0 Å². The molecule has 3 heteroatoms. The summed E-state index contributed by atoms with van der Waals surface area (Å²) >= 11 is 1.87. The lowest BCUT2D eigenvalue weighted by atomic mass is 9.83. The van der Waals surface area contributed by atoms with Crippen molar-refractivity contribution in [2.24, 2.45) is 0 Å². The van der Waals surface area contributed by atoms with Gasteiger partial charge in [-0.05, 0) is 264 Å². The van der Waals surface area contributed by atoms with Crippen molar-refractivity contribution in [3.05, 3.63) is 510 Å². The predicted octanol–water partition coefficient (Wildman–Crippen LogP) is 38.8. The third-order valence-corrected chi connectivity index (χ3v) is 29.1. The van der Waals surface area contributed by atoms with E-state index >= 15 is 0 Å². The van der Waals surface area contributed by atoms with Gasteiger partial charge in [0.2, 0.25) is 0 Å². The molecule has 0 saturated heterocycles. The van der Waals surface area contributed by atoms with Gasteiger partial charge in [-0.1, -0.05) is 443 Å². The molecule has 0 saturated carbocycles. The Morgan fingerprint density at radius 2 is 0.401 bits per heavy atom. The van der Waals surface area contributed by atoms with Gasteiger partial charge in [-0.2, -0.15) is 0 Å². The normalized spacial score (nSPS) is 11.6. The standard InChI is InChI=1S/2C48H30O.C38H24S/c1-2-13-32(14-3-1)46-40-19-6-7-20-41(40)47(37-17-10-16-34(29-37)35-25-24-31-12-4-5-15-33(31)28-35)44-30-36(26-27-42(44)46)38-21-11-22-43-39-18-8-9-23-45(39)49-48(38)43;1-2-14-32(15-3-1)46-40-20-8-9-21-41(40)47(39-19-7-6-17-36(39)34-26-25-31-13-4-5-16-33(31)29-34)44-30-35(27-28-42(44)46)37-22-12-23-43-38-18-10-11-24-45(38)49-48(37)43;1-3-11-25(12-4-1)37-30-16-7-8-17-31(30)38(26-13-5-2-6-14-26)34-24-27(19-21-32(34)37)28-20-22-36-33(23-28)29-15-9-10-18-35(29)39-36/h2*1-30H;1-24H. The summed E-state index contributed by atoms with van der Waals surface area (Å²) in [5, 5.41) is 27.2. The van der Waals surface area contributed by atoms with E-state index in [1.165, 1.54) is 206 Å². The Hall–Kier alpha value is -17.6. The minimum Gasteiger partial charge on any atom is -0.455 e. The fraction of sp³-hybridized carbons (Fsp3) is 0. The van der Waals surface area contributed by atoms with Gasteiger partial charge in [0.15, 0.2) is 0 Å². The molecule has 0 atom stereocenters. The molecule has 0 amide bonds. The molecule has 28 rings (SSSR count). The Kier molecular flexibility index (Phi) is 19.9. The smallest absolute Gasteiger partial charge is 0.143 e. The number of furan rings is 2. The highest BCUT2D eigenvalue weighted by Gasteiger charge is 2.26. The zero-order valence-corrected chi connectivity index (χ0v) is 75.5. The monoisotopic (exact) mass is 1760 g/mol. The molecule has 0 fully saturated rings. The molecule has 0 unspecified atom stereocenters. The molecule has 3 aromatic heterocycles. The first-order valence-corrected chi connectivity index (χ1v) is 47.9. The van der Waals surface area contributed by atoms with Crippen LogP contribution in [-0.2, 0) is 0 Å². The summed E-state index contributed by atoms with van der Waals surface area (Å²) in [6, 6.07) is 185. The van der Waals surface area contributed by atoms with Crippen LogP contribution in [0.3, 0.4) is 0 Å². The van der Waals surface area contributed by atoms with E-state index in [0.29, 0.717) is 0 Å². The maximum atomic E-state index is 6.54. The highest BCUT2D eigenvalue weighted by Crippen LogP contribution is 2.53. The topological polar surface area (TPSA) is 26.3 Å². The van der Waals surface area contributed by atoms with Crippen LogP contribution < -0.4 is 0 Å². The highest BCUT2D eigenvalue weighted by molar-refractivity contribution is 7.25. The van der Waals surface area contributed by atoms with E-state index in [0.717, 1.165) is 66.1 Å². The molecule has 0 N–H and O–H groups in total. The van der Waals surface area contributed by atoms with E-state index in [2.05, 4.69) is 497 Å². The van der Waals surface area contributed by atoms with Crippen LogP contribution >= 0.6 is 11.3 Å². The first-order valence-electron chi connectivity index (χ1n) is 47.1. The van der Waals surface area contributed by atoms with Crippen molar-refractivity contribution >= 4 is 162 Å². The zero-order chi connectivity index (χ0) is 90.4. The molecule has 0 aliphatic heterocycles. The van der Waals surface area contributed by atoms with Crippen LogP contribution in [0.25, 0.3) is 273 Å². The van der Waals surface area contributed by atoms with Gasteiger partial charge in [0.1, 0.15) is 22.3 Å². The Morgan fingerprint density at radius 1 is 0.124 bits per heavy atom. The summed E-state index contributed by atoms with van der Waals surface area (Å²) in [6.07, 6.45) is 0. The summed E-state index contributed by atoms with van der Waals surface area (Å²) < 4.78 is 15.7. The van der Waals surface area contributed by atoms with Crippen molar-refractivity contribution in [2.75, 3.05) is 0 Å². The lowest BCUT2D eigenvalue weighted by Gasteiger charge is -2.20. The van der Waals surface area contributed by atoms with Crippen LogP contribution in [-0.4, -0.2) is 0 Å². The van der Waals surface area contributed by atoms with Crippen LogP contribution in [0.15, 0.2) is 518 Å². The van der Waals surface area contributed by atoms with E-state index in [1.807, 2.05) is 23.5 Å². The summed E-state index contributed by atoms with van der Waals surface area (Å²) in [5.74, 6) is 0. The van der Waals surface area contributed by atoms with Crippen molar-refractivity contribution < 1.29 is 8.83 Å². The zero-order valence-electron chi connectivity index (χ0n) is 74.7. The molecule has 2 nitrogen and oxygen atoms in total. The molecule has 0 spiro atoms. The van der Waals surface area contributed by atoms with Crippen LogP contribution in [0.1, 0.15) is 0 Å². The van der Waals surface area contributed by atoms with Crippen molar-refractivity contribution in [2.45, 2.75) is 0 Å². The largest absolute Gasteiger partial charge is 0.455 e. The maximum Gasteiger partial charge on any atom is 0.143 e. The fourth-order valence-corrected chi connectivity index (χ4v) is 22.8. The molecular weight excluding hydrogens is 1670 g/mol. The lowest BCUT2D eigenvalue weighted by Crippen LogP contribution is -1.93. The molecule has 0 aliphatic carbocycles. The second kappa shape index (κ2) is 33.9. The van der Waals surface area contributed by atoms with Crippen molar-refractivity contribution in [1.29, 1.82) is 0 Å². The van der Waals surface area contributed by atoms with Crippen LogP contribution in [0.4, 0.5) is 0 Å². The molecular formula is C134H84O2S. The molecule has 25 aromatic carbocycles. The van der Waals surface area contributed by atoms with Crippen molar-refractivity contribution in [1.82, 2.24) is 0 Å². The minimum absolute atomic E-state index is 0.910. The molecule has 0 aliphatic rings. The highest BCUT2D eigenvalue weighted by atomic mass is 32.1. The van der Waals surface area contributed by atoms with Crippen LogP contribution in [0, 0.1) is 0 Å². The Balaban J connectivity index is 0.000000107.